The zero-order chi connectivity index (χ0) is 10.7. The Bertz CT molecular complexity index is 399. The fourth-order valence-electron chi connectivity index (χ4n) is 1.65. The molecular weight excluding hydrogens is 190 g/mol. The normalized spacial score (nSPS) is 11.1. The second-order valence-corrected chi connectivity index (χ2v) is 3.56. The molecule has 0 radical (unpaired) electrons. The third-order valence-electron chi connectivity index (χ3n) is 2.63. The summed E-state index contributed by atoms with van der Waals surface area (Å²) in [7, 11) is 0. The summed E-state index contributed by atoms with van der Waals surface area (Å²) in [5.74, 6) is 1.98. The van der Waals surface area contributed by atoms with Crippen molar-refractivity contribution in [2.24, 2.45) is 0 Å². The largest absolute Gasteiger partial charge is 0.463 e. The smallest absolute Gasteiger partial charge is 0.197 e. The van der Waals surface area contributed by atoms with E-state index in [4.69, 9.17) is 8.83 Å². The number of furan rings is 1. The monoisotopic (exact) mass is 205 g/mol. The predicted molar refractivity (Wildman–Crippen MR) is 57.5 cm³/mol. The molecule has 0 aliphatic rings. The average Bonchev–Trinajstić information content (AvgIpc) is 2.89. The van der Waals surface area contributed by atoms with Gasteiger partial charge in [-0.15, -0.1) is 0 Å². The topological polar surface area (TPSA) is 39.2 Å². The number of hydrogen-bond donors (Lipinski definition) is 0. The summed E-state index contributed by atoms with van der Waals surface area (Å²) in [6.45, 7) is 4.29. The molecule has 0 unspecified atom stereocenters. The van der Waals surface area contributed by atoms with Gasteiger partial charge in [0.1, 0.15) is 12.0 Å². The van der Waals surface area contributed by atoms with Gasteiger partial charge in [0.2, 0.25) is 0 Å². The van der Waals surface area contributed by atoms with E-state index in [2.05, 4.69) is 18.8 Å². The molecule has 0 aliphatic carbocycles. The average molecular weight is 205 g/mol. The fourth-order valence-corrected chi connectivity index (χ4v) is 1.65. The van der Waals surface area contributed by atoms with Gasteiger partial charge >= 0.3 is 0 Å². The predicted octanol–water partition coefficient (Wildman–Crippen LogP) is 3.84. The van der Waals surface area contributed by atoms with Gasteiger partial charge in [-0.25, -0.2) is 4.98 Å². The molecule has 0 aromatic carbocycles. The van der Waals surface area contributed by atoms with Crippen molar-refractivity contribution in [2.45, 2.75) is 32.6 Å². The van der Waals surface area contributed by atoms with E-state index < -0.39 is 0 Å². The van der Waals surface area contributed by atoms with Crippen LogP contribution < -0.4 is 0 Å². The summed E-state index contributed by atoms with van der Waals surface area (Å²) >= 11 is 0. The van der Waals surface area contributed by atoms with Crippen LogP contribution in [0, 0.1) is 0 Å². The first-order valence-electron chi connectivity index (χ1n) is 5.34. The molecule has 0 spiro atoms. The van der Waals surface area contributed by atoms with E-state index in [9.17, 15) is 0 Å². The third kappa shape index (κ3) is 1.96. The van der Waals surface area contributed by atoms with Gasteiger partial charge in [-0.2, -0.15) is 0 Å². The molecule has 2 heterocycles. The lowest BCUT2D eigenvalue weighted by Gasteiger charge is -2.05. The van der Waals surface area contributed by atoms with Gasteiger partial charge in [0.25, 0.3) is 0 Å². The molecule has 3 heteroatoms. The van der Waals surface area contributed by atoms with Crippen LogP contribution in [-0.2, 0) is 0 Å². The molecule has 0 atom stereocenters. The highest BCUT2D eigenvalue weighted by Gasteiger charge is 2.15. The van der Waals surface area contributed by atoms with Crippen molar-refractivity contribution < 1.29 is 8.83 Å². The molecule has 0 saturated carbocycles. The Morgan fingerprint density at radius 2 is 2.07 bits per heavy atom. The molecule has 0 amide bonds. The van der Waals surface area contributed by atoms with Gasteiger partial charge in [-0.3, -0.25) is 0 Å². The molecule has 2 rings (SSSR count). The molecule has 0 aliphatic heterocycles. The van der Waals surface area contributed by atoms with E-state index >= 15 is 0 Å². The minimum Gasteiger partial charge on any atom is -0.463 e. The summed E-state index contributed by atoms with van der Waals surface area (Å²) in [4.78, 5) is 4.43. The lowest BCUT2D eigenvalue weighted by Crippen LogP contribution is -1.95. The molecule has 0 saturated heterocycles. The zero-order valence-electron chi connectivity index (χ0n) is 9.06. The van der Waals surface area contributed by atoms with E-state index in [1.807, 2.05) is 12.1 Å². The lowest BCUT2D eigenvalue weighted by molar-refractivity contribution is 0.431. The second-order valence-electron chi connectivity index (χ2n) is 3.56. The van der Waals surface area contributed by atoms with Crippen molar-refractivity contribution in [2.75, 3.05) is 0 Å². The first kappa shape index (κ1) is 10.0. The van der Waals surface area contributed by atoms with Gasteiger partial charge < -0.3 is 8.83 Å². The maximum Gasteiger partial charge on any atom is 0.197 e. The van der Waals surface area contributed by atoms with Gasteiger partial charge in [-0.05, 0) is 25.0 Å². The van der Waals surface area contributed by atoms with Crippen LogP contribution in [-0.4, -0.2) is 4.98 Å². The molecular formula is C12H15NO2. The summed E-state index contributed by atoms with van der Waals surface area (Å²) in [5.41, 5.74) is 0.780. The highest BCUT2D eigenvalue weighted by atomic mass is 16.4. The second kappa shape index (κ2) is 4.34. The third-order valence-corrected chi connectivity index (χ3v) is 2.63. The van der Waals surface area contributed by atoms with Crippen molar-refractivity contribution in [3.05, 3.63) is 30.5 Å². The molecule has 2 aromatic heterocycles. The molecule has 15 heavy (non-hydrogen) atoms. The summed E-state index contributed by atoms with van der Waals surface area (Å²) in [5, 5.41) is 0. The first-order chi connectivity index (χ1) is 7.35. The summed E-state index contributed by atoms with van der Waals surface area (Å²) in [6, 6.07) is 3.73. The van der Waals surface area contributed by atoms with Crippen molar-refractivity contribution >= 4 is 0 Å². The summed E-state index contributed by atoms with van der Waals surface area (Å²) in [6.07, 6.45) is 5.40. The molecule has 0 N–H and O–H groups in total. The van der Waals surface area contributed by atoms with E-state index in [-0.39, 0.29) is 0 Å². The van der Waals surface area contributed by atoms with Crippen LogP contribution in [0.25, 0.3) is 11.5 Å². The standard InChI is InChI=1S/C12H15NO2/c1-3-9(4-2)12-13-10(8-15-12)11-6-5-7-14-11/h5-9H,3-4H2,1-2H3. The maximum absolute atomic E-state index is 5.46. The fraction of sp³-hybridized carbons (Fsp3) is 0.417. The van der Waals surface area contributed by atoms with Crippen LogP contribution in [0.4, 0.5) is 0 Å². The number of aromatic nitrogens is 1. The van der Waals surface area contributed by atoms with Crippen LogP contribution >= 0.6 is 0 Å². The van der Waals surface area contributed by atoms with Crippen LogP contribution in [0.2, 0.25) is 0 Å². The van der Waals surface area contributed by atoms with Crippen LogP contribution in [0.5, 0.6) is 0 Å². The Labute approximate surface area is 89.1 Å². The molecule has 0 fully saturated rings. The summed E-state index contributed by atoms with van der Waals surface area (Å²) < 4.78 is 10.7. The van der Waals surface area contributed by atoms with Crippen molar-refractivity contribution in [1.82, 2.24) is 4.98 Å². The van der Waals surface area contributed by atoms with Crippen molar-refractivity contribution in [3.8, 4) is 11.5 Å². The van der Waals surface area contributed by atoms with Crippen molar-refractivity contribution in [3.63, 3.8) is 0 Å². The van der Waals surface area contributed by atoms with Gasteiger partial charge in [-0.1, -0.05) is 13.8 Å². The SMILES string of the molecule is CCC(CC)c1nc(-c2ccco2)co1. The number of rotatable bonds is 4. The van der Waals surface area contributed by atoms with Crippen LogP contribution in [0.15, 0.2) is 33.5 Å². The van der Waals surface area contributed by atoms with E-state index in [0.717, 1.165) is 30.2 Å². The Morgan fingerprint density at radius 1 is 1.27 bits per heavy atom. The lowest BCUT2D eigenvalue weighted by atomic mass is 10.0. The number of oxazole rings is 1. The highest BCUT2D eigenvalue weighted by Crippen LogP contribution is 2.26. The van der Waals surface area contributed by atoms with E-state index in [0.29, 0.717) is 5.92 Å². The van der Waals surface area contributed by atoms with Crippen LogP contribution in [0.3, 0.4) is 0 Å². The van der Waals surface area contributed by atoms with E-state index in [1.165, 1.54) is 0 Å². The minimum atomic E-state index is 0.411. The Hall–Kier alpha value is -1.51. The van der Waals surface area contributed by atoms with Crippen molar-refractivity contribution in [1.29, 1.82) is 0 Å². The Balaban J connectivity index is 2.24. The number of nitrogens with zero attached hydrogens (tertiary/aromatic N) is 1. The molecule has 2 aromatic rings. The zero-order valence-corrected chi connectivity index (χ0v) is 9.06. The number of hydrogen-bond acceptors (Lipinski definition) is 3. The van der Waals surface area contributed by atoms with E-state index in [1.54, 1.807) is 12.5 Å². The van der Waals surface area contributed by atoms with Crippen LogP contribution in [0.1, 0.15) is 38.5 Å². The van der Waals surface area contributed by atoms with Gasteiger partial charge in [0, 0.05) is 5.92 Å². The van der Waals surface area contributed by atoms with Gasteiger partial charge in [0.05, 0.1) is 6.26 Å². The molecule has 3 nitrogen and oxygen atoms in total. The first-order valence-corrected chi connectivity index (χ1v) is 5.34. The maximum atomic E-state index is 5.46. The highest BCUT2D eigenvalue weighted by molar-refractivity contribution is 5.49. The minimum absolute atomic E-state index is 0.411. The molecule has 0 bridgehead atoms. The van der Waals surface area contributed by atoms with Gasteiger partial charge in [0.15, 0.2) is 11.7 Å². The molecule has 80 valence electrons. The Kier molecular flexibility index (Phi) is 2.90. The Morgan fingerprint density at radius 3 is 2.67 bits per heavy atom. The quantitative estimate of drug-likeness (QED) is 0.761.